The lowest BCUT2D eigenvalue weighted by atomic mass is 10.1. The lowest BCUT2D eigenvalue weighted by molar-refractivity contribution is 0.0950. The highest BCUT2D eigenvalue weighted by Gasteiger charge is 2.16. The second kappa shape index (κ2) is 13.5. The van der Waals surface area contributed by atoms with E-state index in [9.17, 15) is 18.4 Å². The molecular formula is C32H28ClF2N7O2. The van der Waals surface area contributed by atoms with Gasteiger partial charge in [0.2, 0.25) is 5.95 Å². The standard InChI is InChI=1S/C32H28ClF2N7O2/c1-41(2)17-21-5-3-7-24(14-21)38-32-37-16-23-13-20(9-11-27(23)39-32)6-4-12-36-30(43)29-31(44)42(19-28(33)40-29)18-22-8-10-25(34)26(35)15-22/h3-11,13-16,19H,12,17-18H2,1-2H3,(H,36,43)(H,37,38,39). The molecule has 0 saturated carbocycles. The van der Waals surface area contributed by atoms with Crippen LogP contribution in [0.5, 0.6) is 0 Å². The first-order valence-corrected chi connectivity index (χ1v) is 14.0. The van der Waals surface area contributed by atoms with E-state index in [4.69, 9.17) is 11.6 Å². The highest BCUT2D eigenvalue weighted by atomic mass is 35.5. The molecule has 0 atom stereocenters. The van der Waals surface area contributed by atoms with Crippen LogP contribution in [0.2, 0.25) is 5.15 Å². The van der Waals surface area contributed by atoms with Crippen LogP contribution in [0.1, 0.15) is 27.2 Å². The van der Waals surface area contributed by atoms with Crippen LogP contribution in [0.15, 0.2) is 83.9 Å². The van der Waals surface area contributed by atoms with Gasteiger partial charge in [-0.25, -0.2) is 23.7 Å². The Morgan fingerprint density at radius 3 is 2.66 bits per heavy atom. The third-order valence-electron chi connectivity index (χ3n) is 6.47. The smallest absolute Gasteiger partial charge is 0.282 e. The summed E-state index contributed by atoms with van der Waals surface area (Å²) in [6.07, 6.45) is 6.51. The zero-order valence-corrected chi connectivity index (χ0v) is 24.6. The number of anilines is 2. The number of rotatable bonds is 10. The number of aromatic nitrogens is 4. The minimum absolute atomic E-state index is 0.0949. The van der Waals surface area contributed by atoms with Crippen molar-refractivity contribution in [2.45, 2.75) is 13.1 Å². The van der Waals surface area contributed by atoms with E-state index >= 15 is 0 Å². The number of halogens is 3. The third kappa shape index (κ3) is 7.68. The highest BCUT2D eigenvalue weighted by molar-refractivity contribution is 6.29. The normalized spacial score (nSPS) is 11.4. The Balaban J connectivity index is 1.21. The number of nitrogens with one attached hydrogen (secondary N) is 2. The van der Waals surface area contributed by atoms with Crippen molar-refractivity contribution < 1.29 is 13.6 Å². The molecule has 0 aliphatic rings. The molecule has 0 bridgehead atoms. The molecule has 0 unspecified atom stereocenters. The Morgan fingerprint density at radius 2 is 1.86 bits per heavy atom. The van der Waals surface area contributed by atoms with Gasteiger partial charge in [0.05, 0.1) is 12.1 Å². The maximum absolute atomic E-state index is 13.6. The van der Waals surface area contributed by atoms with Gasteiger partial charge in [0, 0.05) is 36.6 Å². The lowest BCUT2D eigenvalue weighted by Gasteiger charge is -2.11. The Morgan fingerprint density at radius 1 is 1.02 bits per heavy atom. The molecule has 9 nitrogen and oxygen atoms in total. The summed E-state index contributed by atoms with van der Waals surface area (Å²) < 4.78 is 28.0. The number of carbonyl (C=O) groups excluding carboxylic acids is 1. The Labute approximate surface area is 256 Å². The summed E-state index contributed by atoms with van der Waals surface area (Å²) in [5, 5.41) is 6.62. The summed E-state index contributed by atoms with van der Waals surface area (Å²) in [6.45, 7) is 0.818. The van der Waals surface area contributed by atoms with Crippen molar-refractivity contribution in [1.29, 1.82) is 0 Å². The number of amides is 1. The number of benzene rings is 3. The molecule has 0 saturated heterocycles. The van der Waals surface area contributed by atoms with Crippen LogP contribution in [0.4, 0.5) is 20.4 Å². The first-order valence-electron chi connectivity index (χ1n) is 13.6. The monoisotopic (exact) mass is 615 g/mol. The lowest BCUT2D eigenvalue weighted by Crippen LogP contribution is -2.34. The Kier molecular flexibility index (Phi) is 9.37. The predicted molar refractivity (Wildman–Crippen MR) is 167 cm³/mol. The van der Waals surface area contributed by atoms with Gasteiger partial charge in [0.25, 0.3) is 11.5 Å². The van der Waals surface area contributed by atoms with Crippen molar-refractivity contribution in [1.82, 2.24) is 29.7 Å². The molecule has 2 heterocycles. The van der Waals surface area contributed by atoms with Crippen molar-refractivity contribution in [2.75, 3.05) is 26.0 Å². The molecule has 5 aromatic rings. The van der Waals surface area contributed by atoms with Gasteiger partial charge in [-0.1, -0.05) is 48.0 Å². The van der Waals surface area contributed by atoms with Crippen LogP contribution in [-0.4, -0.2) is 51.0 Å². The van der Waals surface area contributed by atoms with Gasteiger partial charge in [-0.05, 0) is 67.2 Å². The third-order valence-corrected chi connectivity index (χ3v) is 6.66. The van der Waals surface area contributed by atoms with E-state index in [-0.39, 0.29) is 18.2 Å². The summed E-state index contributed by atoms with van der Waals surface area (Å²) >= 11 is 6.04. The van der Waals surface area contributed by atoms with E-state index < -0.39 is 28.8 Å². The molecule has 0 spiro atoms. The maximum Gasteiger partial charge on any atom is 0.282 e. The number of nitrogens with zero attached hydrogens (tertiary/aromatic N) is 5. The SMILES string of the molecule is CN(C)Cc1cccc(Nc2ncc3cc(C=CCNC(=O)c4nc(Cl)cn(Cc5ccc(F)c(F)c5)c4=O)ccc3n2)c1. The summed E-state index contributed by atoms with van der Waals surface area (Å²) in [4.78, 5) is 40.6. The first-order chi connectivity index (χ1) is 21.1. The first kappa shape index (κ1) is 30.5. The van der Waals surface area contributed by atoms with E-state index in [1.165, 1.54) is 17.8 Å². The van der Waals surface area contributed by atoms with E-state index in [1.807, 2.05) is 50.5 Å². The molecule has 44 heavy (non-hydrogen) atoms. The number of hydrogen-bond acceptors (Lipinski definition) is 7. The van der Waals surface area contributed by atoms with Crippen LogP contribution in [-0.2, 0) is 13.1 Å². The van der Waals surface area contributed by atoms with E-state index in [0.717, 1.165) is 45.4 Å². The molecule has 1 amide bonds. The highest BCUT2D eigenvalue weighted by Crippen LogP contribution is 2.20. The summed E-state index contributed by atoms with van der Waals surface area (Å²) in [5.41, 5.74) is 2.90. The maximum atomic E-state index is 13.6. The number of hydrogen-bond donors (Lipinski definition) is 2. The summed E-state index contributed by atoms with van der Waals surface area (Å²) in [7, 11) is 4.04. The van der Waals surface area contributed by atoms with Crippen LogP contribution < -0.4 is 16.2 Å². The zero-order chi connectivity index (χ0) is 31.2. The molecule has 12 heteroatoms. The molecule has 5 rings (SSSR count). The fourth-order valence-corrected chi connectivity index (χ4v) is 4.70. The average Bonchev–Trinajstić information content (AvgIpc) is 2.98. The van der Waals surface area contributed by atoms with E-state index in [0.29, 0.717) is 11.5 Å². The minimum atomic E-state index is -1.04. The molecule has 3 aromatic carbocycles. The Bertz CT molecular complexity index is 1930. The molecule has 0 fully saturated rings. The second-order valence-electron chi connectivity index (χ2n) is 10.3. The molecule has 0 radical (unpaired) electrons. The molecular weight excluding hydrogens is 588 g/mol. The quantitative estimate of drug-likeness (QED) is 0.216. The molecule has 0 aliphatic heterocycles. The molecule has 2 N–H and O–H groups in total. The van der Waals surface area contributed by atoms with Gasteiger partial charge < -0.3 is 20.1 Å². The fraction of sp³-hybridized carbons (Fsp3) is 0.156. The largest absolute Gasteiger partial charge is 0.347 e. The van der Waals surface area contributed by atoms with Crippen molar-refractivity contribution in [3.8, 4) is 0 Å². The van der Waals surface area contributed by atoms with Crippen LogP contribution in [0, 0.1) is 11.6 Å². The van der Waals surface area contributed by atoms with Crippen molar-refractivity contribution in [3.05, 3.63) is 129 Å². The van der Waals surface area contributed by atoms with E-state index in [2.05, 4.69) is 42.6 Å². The van der Waals surface area contributed by atoms with Gasteiger partial charge in [-0.2, -0.15) is 0 Å². The zero-order valence-electron chi connectivity index (χ0n) is 23.9. The molecule has 2 aromatic heterocycles. The Hall–Kier alpha value is -5.00. The molecule has 0 aliphatic carbocycles. The van der Waals surface area contributed by atoms with Gasteiger partial charge in [-0.15, -0.1) is 0 Å². The van der Waals surface area contributed by atoms with Gasteiger partial charge in [-0.3, -0.25) is 9.59 Å². The van der Waals surface area contributed by atoms with Crippen molar-refractivity contribution in [2.24, 2.45) is 0 Å². The van der Waals surface area contributed by atoms with Crippen LogP contribution in [0.3, 0.4) is 0 Å². The van der Waals surface area contributed by atoms with Crippen LogP contribution >= 0.6 is 11.6 Å². The van der Waals surface area contributed by atoms with Crippen molar-refractivity contribution in [3.63, 3.8) is 0 Å². The summed E-state index contributed by atoms with van der Waals surface area (Å²) in [5.74, 6) is -2.28. The fourth-order valence-electron chi connectivity index (χ4n) is 4.49. The average molecular weight is 616 g/mol. The van der Waals surface area contributed by atoms with Crippen molar-refractivity contribution >= 4 is 46.1 Å². The van der Waals surface area contributed by atoms with E-state index in [1.54, 1.807) is 12.3 Å². The number of carbonyl (C=O) groups is 1. The van der Waals surface area contributed by atoms with Gasteiger partial charge >= 0.3 is 0 Å². The summed E-state index contributed by atoms with van der Waals surface area (Å²) in [6, 6.07) is 17.1. The topological polar surface area (TPSA) is 105 Å². The second-order valence-corrected chi connectivity index (χ2v) is 10.7. The molecule has 224 valence electrons. The predicted octanol–water partition coefficient (Wildman–Crippen LogP) is 5.41. The van der Waals surface area contributed by atoms with Gasteiger partial charge in [0.1, 0.15) is 5.15 Å². The minimum Gasteiger partial charge on any atom is -0.347 e. The number of fused-ring (bicyclic) bond motifs is 1. The van der Waals surface area contributed by atoms with Crippen LogP contribution in [0.25, 0.3) is 17.0 Å². The van der Waals surface area contributed by atoms with Gasteiger partial charge in [0.15, 0.2) is 17.3 Å².